The van der Waals surface area contributed by atoms with Gasteiger partial charge in [-0.15, -0.1) is 0 Å². The second-order valence-electron chi connectivity index (χ2n) is 7.10. The molecule has 0 aromatic heterocycles. The van der Waals surface area contributed by atoms with Gasteiger partial charge in [-0.1, -0.05) is 6.07 Å². The number of aromatic hydroxyl groups is 1. The molecule has 1 saturated heterocycles. The molecule has 0 spiro atoms. The van der Waals surface area contributed by atoms with E-state index >= 15 is 0 Å². The molecule has 29 heavy (non-hydrogen) atoms. The Morgan fingerprint density at radius 1 is 1.07 bits per heavy atom. The molecule has 8 heteroatoms. The van der Waals surface area contributed by atoms with Crippen LogP contribution in [0.4, 0.5) is 15.8 Å². The van der Waals surface area contributed by atoms with Crippen LogP contribution < -0.4 is 10.2 Å². The summed E-state index contributed by atoms with van der Waals surface area (Å²) >= 11 is 0. The molecule has 1 fully saturated rings. The fourth-order valence-electron chi connectivity index (χ4n) is 3.40. The summed E-state index contributed by atoms with van der Waals surface area (Å²) in [6, 6.07) is 12.4. The summed E-state index contributed by atoms with van der Waals surface area (Å²) < 4.78 is 13.1. The van der Waals surface area contributed by atoms with Crippen molar-refractivity contribution in [2.75, 3.05) is 42.9 Å². The molecule has 154 valence electrons. The predicted molar refractivity (Wildman–Crippen MR) is 108 cm³/mol. The van der Waals surface area contributed by atoms with E-state index in [4.69, 9.17) is 0 Å². The number of amides is 1. The smallest absolute Gasteiger partial charge is 0.308 e. The number of rotatable bonds is 7. The van der Waals surface area contributed by atoms with Gasteiger partial charge in [-0.25, -0.2) is 4.39 Å². The molecule has 1 amide bonds. The summed E-state index contributed by atoms with van der Waals surface area (Å²) in [6.07, 6.45) is -0.150. The number of carbonyl (C=O) groups is 2. The zero-order chi connectivity index (χ0) is 20.8. The molecular weight excluding hydrogens is 377 g/mol. The Hall–Kier alpha value is -3.13. The lowest BCUT2D eigenvalue weighted by molar-refractivity contribution is -0.144. The number of hydrogen-bond donors (Lipinski definition) is 3. The normalized spacial score (nSPS) is 15.7. The van der Waals surface area contributed by atoms with Gasteiger partial charge in [0.15, 0.2) is 0 Å². The van der Waals surface area contributed by atoms with E-state index in [1.165, 1.54) is 24.3 Å². The molecule has 2 aromatic carbocycles. The number of carboxylic acids is 1. The lowest BCUT2D eigenvalue weighted by Gasteiger charge is -2.37. The van der Waals surface area contributed by atoms with E-state index in [-0.39, 0.29) is 24.5 Å². The van der Waals surface area contributed by atoms with Crippen molar-refractivity contribution in [3.05, 3.63) is 54.3 Å². The van der Waals surface area contributed by atoms with E-state index in [0.717, 1.165) is 5.69 Å². The van der Waals surface area contributed by atoms with Crippen LogP contribution in [-0.4, -0.2) is 59.7 Å². The van der Waals surface area contributed by atoms with Crippen LogP contribution >= 0.6 is 0 Å². The number of aliphatic carboxylic acids is 1. The standard InChI is InChI=1S/C21H24FN3O4/c22-16-4-6-18(7-5-16)25-10-8-24(9-11-25)14-15(21(28)29)12-20(27)23-17-2-1-3-19(26)13-17/h1-7,13,15,26H,8-12,14H2,(H,23,27)(H,28,29)/t15-/m0/s1. The van der Waals surface area contributed by atoms with Gasteiger partial charge in [-0.3, -0.25) is 14.5 Å². The van der Waals surface area contributed by atoms with E-state index in [2.05, 4.69) is 10.2 Å². The number of nitrogens with one attached hydrogen (secondary N) is 1. The summed E-state index contributed by atoms with van der Waals surface area (Å²) in [4.78, 5) is 28.0. The minimum absolute atomic E-state index is 0.0246. The monoisotopic (exact) mass is 401 g/mol. The summed E-state index contributed by atoms with van der Waals surface area (Å²) in [5.74, 6) is -2.51. The maximum absolute atomic E-state index is 13.1. The van der Waals surface area contributed by atoms with Crippen molar-refractivity contribution in [3.8, 4) is 5.75 Å². The number of phenolic OH excluding ortho intramolecular Hbond substituents is 1. The third-order valence-electron chi connectivity index (χ3n) is 4.95. The van der Waals surface area contributed by atoms with Gasteiger partial charge in [0.1, 0.15) is 11.6 Å². The molecule has 0 radical (unpaired) electrons. The number of phenols is 1. The highest BCUT2D eigenvalue weighted by Crippen LogP contribution is 2.19. The molecule has 7 nitrogen and oxygen atoms in total. The average molecular weight is 401 g/mol. The maximum Gasteiger partial charge on any atom is 0.308 e. The first kappa shape index (κ1) is 20.6. The average Bonchev–Trinajstić information content (AvgIpc) is 2.68. The Balaban J connectivity index is 1.51. The van der Waals surface area contributed by atoms with Gasteiger partial charge in [0.2, 0.25) is 5.91 Å². The van der Waals surface area contributed by atoms with Crippen LogP contribution in [0.15, 0.2) is 48.5 Å². The van der Waals surface area contributed by atoms with Gasteiger partial charge in [0.25, 0.3) is 0 Å². The van der Waals surface area contributed by atoms with E-state index in [9.17, 15) is 24.2 Å². The van der Waals surface area contributed by atoms with Crippen LogP contribution in [0.25, 0.3) is 0 Å². The van der Waals surface area contributed by atoms with Crippen molar-refractivity contribution in [2.24, 2.45) is 5.92 Å². The highest BCUT2D eigenvalue weighted by molar-refractivity contribution is 5.93. The number of carbonyl (C=O) groups excluding carboxylic acids is 1. The van der Waals surface area contributed by atoms with Crippen molar-refractivity contribution in [1.29, 1.82) is 0 Å². The van der Waals surface area contributed by atoms with Gasteiger partial charge in [-0.2, -0.15) is 0 Å². The molecule has 0 unspecified atom stereocenters. The van der Waals surface area contributed by atoms with E-state index in [1.807, 2.05) is 4.90 Å². The molecular formula is C21H24FN3O4. The number of hydrogen-bond acceptors (Lipinski definition) is 5. The molecule has 0 aliphatic carbocycles. The summed E-state index contributed by atoms with van der Waals surface area (Å²) in [5, 5.41) is 21.6. The van der Waals surface area contributed by atoms with Crippen molar-refractivity contribution in [3.63, 3.8) is 0 Å². The van der Waals surface area contributed by atoms with Crippen molar-refractivity contribution in [1.82, 2.24) is 4.90 Å². The summed E-state index contributed by atoms with van der Waals surface area (Å²) in [5.41, 5.74) is 1.36. The molecule has 2 aromatic rings. The number of anilines is 2. The largest absolute Gasteiger partial charge is 0.508 e. The van der Waals surface area contributed by atoms with Gasteiger partial charge in [0, 0.05) is 56.6 Å². The van der Waals surface area contributed by atoms with Crippen LogP contribution in [0.1, 0.15) is 6.42 Å². The molecule has 0 bridgehead atoms. The van der Waals surface area contributed by atoms with E-state index in [0.29, 0.717) is 31.9 Å². The summed E-state index contributed by atoms with van der Waals surface area (Å²) in [7, 11) is 0. The Morgan fingerprint density at radius 2 is 1.76 bits per heavy atom. The molecule has 1 aliphatic heterocycles. The van der Waals surface area contributed by atoms with Gasteiger partial charge in [0.05, 0.1) is 5.92 Å². The lowest BCUT2D eigenvalue weighted by Crippen LogP contribution is -2.48. The van der Waals surface area contributed by atoms with Crippen LogP contribution in [0.5, 0.6) is 5.75 Å². The van der Waals surface area contributed by atoms with Gasteiger partial charge >= 0.3 is 5.97 Å². The number of piperazine rings is 1. The van der Waals surface area contributed by atoms with Crippen LogP contribution in [0.3, 0.4) is 0 Å². The van der Waals surface area contributed by atoms with E-state index < -0.39 is 17.8 Å². The minimum atomic E-state index is -1.02. The van der Waals surface area contributed by atoms with Crippen LogP contribution in [-0.2, 0) is 9.59 Å². The highest BCUT2D eigenvalue weighted by atomic mass is 19.1. The quantitative estimate of drug-likeness (QED) is 0.660. The minimum Gasteiger partial charge on any atom is -0.508 e. The molecule has 3 rings (SSSR count). The second kappa shape index (κ2) is 9.38. The summed E-state index contributed by atoms with van der Waals surface area (Å²) in [6.45, 7) is 3.01. The molecule has 0 saturated carbocycles. The number of halogens is 1. The molecule has 1 aliphatic rings. The first-order valence-corrected chi connectivity index (χ1v) is 9.45. The zero-order valence-corrected chi connectivity index (χ0v) is 15.9. The third-order valence-corrected chi connectivity index (χ3v) is 4.95. The van der Waals surface area contributed by atoms with E-state index in [1.54, 1.807) is 24.3 Å². The van der Waals surface area contributed by atoms with Crippen molar-refractivity contribution in [2.45, 2.75) is 6.42 Å². The van der Waals surface area contributed by atoms with Crippen molar-refractivity contribution >= 4 is 23.3 Å². The number of benzene rings is 2. The van der Waals surface area contributed by atoms with Gasteiger partial charge in [-0.05, 0) is 36.4 Å². The fraction of sp³-hybridized carbons (Fsp3) is 0.333. The first-order valence-electron chi connectivity index (χ1n) is 9.45. The first-order chi connectivity index (χ1) is 13.9. The zero-order valence-electron chi connectivity index (χ0n) is 15.9. The molecule has 1 atom stereocenters. The SMILES string of the molecule is O=C(C[C@@H](CN1CCN(c2ccc(F)cc2)CC1)C(=O)O)Nc1cccc(O)c1. The van der Waals surface area contributed by atoms with Crippen molar-refractivity contribution < 1.29 is 24.2 Å². The topological polar surface area (TPSA) is 93.1 Å². The highest BCUT2D eigenvalue weighted by Gasteiger charge is 2.26. The number of nitrogens with zero attached hydrogens (tertiary/aromatic N) is 2. The lowest BCUT2D eigenvalue weighted by atomic mass is 10.0. The Labute approximate surface area is 168 Å². The Kier molecular flexibility index (Phi) is 6.66. The molecule has 1 heterocycles. The Bertz CT molecular complexity index is 851. The number of carboxylic acid groups (broad SMARTS) is 1. The van der Waals surface area contributed by atoms with Crippen LogP contribution in [0.2, 0.25) is 0 Å². The van der Waals surface area contributed by atoms with Crippen LogP contribution in [0, 0.1) is 11.7 Å². The predicted octanol–water partition coefficient (Wildman–Crippen LogP) is 2.38. The fourth-order valence-corrected chi connectivity index (χ4v) is 3.40. The molecule has 3 N–H and O–H groups in total. The maximum atomic E-state index is 13.1. The third kappa shape index (κ3) is 5.92. The van der Waals surface area contributed by atoms with Gasteiger partial charge < -0.3 is 20.4 Å². The Morgan fingerprint density at radius 3 is 2.38 bits per heavy atom. The second-order valence-corrected chi connectivity index (χ2v) is 7.10.